The first-order valence-corrected chi connectivity index (χ1v) is 7.67. The minimum absolute atomic E-state index is 0.0418. The molecule has 0 saturated carbocycles. The Morgan fingerprint density at radius 3 is 2.36 bits per heavy atom. The van der Waals surface area contributed by atoms with Gasteiger partial charge in [0.05, 0.1) is 26.7 Å². The van der Waals surface area contributed by atoms with Gasteiger partial charge in [0, 0.05) is 17.7 Å². The fourth-order valence-electron chi connectivity index (χ4n) is 2.02. The number of carbonyl (C=O) groups is 2. The van der Waals surface area contributed by atoms with Crippen molar-refractivity contribution < 1.29 is 14.5 Å². The Morgan fingerprint density at radius 1 is 1.16 bits per heavy atom. The topological polar surface area (TPSA) is 115 Å². The SMILES string of the molecule is CC(C)(N)C(=O)Nc1ccc([N+](=O)[O-])cc1C(=O)c1ccccc1Cl. The lowest BCUT2D eigenvalue weighted by Crippen LogP contribution is -2.45. The summed E-state index contributed by atoms with van der Waals surface area (Å²) >= 11 is 6.04. The van der Waals surface area contributed by atoms with E-state index in [0.717, 1.165) is 6.07 Å². The van der Waals surface area contributed by atoms with Gasteiger partial charge in [0.25, 0.3) is 5.69 Å². The van der Waals surface area contributed by atoms with E-state index in [9.17, 15) is 19.7 Å². The number of ketones is 1. The van der Waals surface area contributed by atoms with Crippen LogP contribution in [0.2, 0.25) is 5.02 Å². The van der Waals surface area contributed by atoms with Crippen LogP contribution in [0.3, 0.4) is 0 Å². The van der Waals surface area contributed by atoms with E-state index in [1.54, 1.807) is 12.1 Å². The first-order valence-electron chi connectivity index (χ1n) is 7.29. The molecule has 0 aliphatic carbocycles. The van der Waals surface area contributed by atoms with Gasteiger partial charge in [-0.1, -0.05) is 23.7 Å². The van der Waals surface area contributed by atoms with E-state index in [4.69, 9.17) is 17.3 Å². The zero-order valence-electron chi connectivity index (χ0n) is 13.6. The predicted molar refractivity (Wildman–Crippen MR) is 94.9 cm³/mol. The number of rotatable bonds is 5. The molecule has 2 aromatic carbocycles. The highest BCUT2D eigenvalue weighted by atomic mass is 35.5. The zero-order valence-corrected chi connectivity index (χ0v) is 14.3. The third-order valence-electron chi connectivity index (χ3n) is 3.41. The van der Waals surface area contributed by atoms with Crippen molar-refractivity contribution >= 4 is 34.7 Å². The summed E-state index contributed by atoms with van der Waals surface area (Å²) in [6.45, 7) is 3.01. The number of hydrogen-bond donors (Lipinski definition) is 2. The van der Waals surface area contributed by atoms with Crippen LogP contribution in [0, 0.1) is 10.1 Å². The minimum Gasteiger partial charge on any atom is -0.324 e. The fraction of sp³-hybridized carbons (Fsp3) is 0.176. The molecule has 0 aromatic heterocycles. The number of nitro benzene ring substituents is 1. The van der Waals surface area contributed by atoms with Crippen LogP contribution in [0.5, 0.6) is 0 Å². The minimum atomic E-state index is -1.19. The summed E-state index contributed by atoms with van der Waals surface area (Å²) in [5.74, 6) is -1.08. The summed E-state index contributed by atoms with van der Waals surface area (Å²) in [5, 5.41) is 13.8. The Hall–Kier alpha value is -2.77. The number of benzene rings is 2. The number of anilines is 1. The lowest BCUT2D eigenvalue weighted by Gasteiger charge is -2.19. The number of hydrogen-bond acceptors (Lipinski definition) is 5. The van der Waals surface area contributed by atoms with Crippen molar-refractivity contribution in [2.24, 2.45) is 5.73 Å². The number of halogens is 1. The standard InChI is InChI=1S/C17H16ClN3O4/c1-17(2,19)16(23)20-14-8-7-10(21(24)25)9-12(14)15(22)11-5-3-4-6-13(11)18/h3-9H,19H2,1-2H3,(H,20,23). The Kier molecular flexibility index (Phi) is 5.20. The number of nitro groups is 1. The molecule has 7 nitrogen and oxygen atoms in total. The molecule has 25 heavy (non-hydrogen) atoms. The first-order chi connectivity index (χ1) is 11.6. The average Bonchev–Trinajstić information content (AvgIpc) is 2.54. The molecule has 0 saturated heterocycles. The van der Waals surface area contributed by atoms with Gasteiger partial charge in [-0.05, 0) is 32.0 Å². The van der Waals surface area contributed by atoms with Crippen molar-refractivity contribution in [2.75, 3.05) is 5.32 Å². The molecule has 2 rings (SSSR count). The molecule has 0 heterocycles. The monoisotopic (exact) mass is 361 g/mol. The van der Waals surface area contributed by atoms with E-state index in [2.05, 4.69) is 5.32 Å². The molecule has 0 unspecified atom stereocenters. The Balaban J connectivity index is 2.55. The van der Waals surface area contributed by atoms with Gasteiger partial charge in [-0.15, -0.1) is 0 Å². The molecule has 8 heteroatoms. The first kappa shape index (κ1) is 18.6. The molecule has 0 aliphatic heterocycles. The largest absolute Gasteiger partial charge is 0.324 e. The smallest absolute Gasteiger partial charge is 0.270 e. The highest BCUT2D eigenvalue weighted by molar-refractivity contribution is 6.35. The molecule has 0 radical (unpaired) electrons. The van der Waals surface area contributed by atoms with Crippen LogP contribution < -0.4 is 11.1 Å². The van der Waals surface area contributed by atoms with Crippen molar-refractivity contribution in [3.05, 3.63) is 68.7 Å². The third kappa shape index (κ3) is 4.20. The van der Waals surface area contributed by atoms with Crippen LogP contribution >= 0.6 is 11.6 Å². The number of nitrogens with one attached hydrogen (secondary N) is 1. The molecule has 0 atom stereocenters. The predicted octanol–water partition coefficient (Wildman–Crippen LogP) is 3.16. The van der Waals surface area contributed by atoms with Crippen LogP contribution in [-0.2, 0) is 4.79 Å². The summed E-state index contributed by atoms with van der Waals surface area (Å²) in [7, 11) is 0. The zero-order chi connectivity index (χ0) is 18.8. The maximum Gasteiger partial charge on any atom is 0.270 e. The molecule has 3 N–H and O–H groups in total. The molecule has 0 spiro atoms. The van der Waals surface area contributed by atoms with Crippen LogP contribution in [0.15, 0.2) is 42.5 Å². The number of carbonyl (C=O) groups excluding carboxylic acids is 2. The van der Waals surface area contributed by atoms with Gasteiger partial charge in [0.2, 0.25) is 5.91 Å². The summed E-state index contributed by atoms with van der Waals surface area (Å²) in [6.07, 6.45) is 0. The van der Waals surface area contributed by atoms with E-state index in [1.165, 1.54) is 38.1 Å². The molecule has 1 amide bonds. The number of non-ortho nitro benzene ring substituents is 1. The normalized spacial score (nSPS) is 11.0. The molecule has 0 aliphatic rings. The van der Waals surface area contributed by atoms with Crippen LogP contribution in [0.4, 0.5) is 11.4 Å². The summed E-state index contributed by atoms with van der Waals surface area (Å²) in [4.78, 5) is 35.3. The van der Waals surface area contributed by atoms with Gasteiger partial charge < -0.3 is 11.1 Å². The fourth-order valence-corrected chi connectivity index (χ4v) is 2.24. The lowest BCUT2D eigenvalue weighted by atomic mass is 9.99. The van der Waals surface area contributed by atoms with Crippen LogP contribution in [0.1, 0.15) is 29.8 Å². The van der Waals surface area contributed by atoms with Gasteiger partial charge in [0.1, 0.15) is 0 Å². The van der Waals surface area contributed by atoms with Gasteiger partial charge >= 0.3 is 0 Å². The van der Waals surface area contributed by atoms with Crippen molar-refractivity contribution in [1.82, 2.24) is 0 Å². The van der Waals surface area contributed by atoms with E-state index in [0.29, 0.717) is 0 Å². The second-order valence-corrected chi connectivity index (χ2v) is 6.38. The van der Waals surface area contributed by atoms with E-state index in [1.807, 2.05) is 0 Å². The molecular weight excluding hydrogens is 346 g/mol. The van der Waals surface area contributed by atoms with Gasteiger partial charge in [-0.3, -0.25) is 19.7 Å². The van der Waals surface area contributed by atoms with E-state index < -0.39 is 22.2 Å². The highest BCUT2D eigenvalue weighted by Crippen LogP contribution is 2.27. The van der Waals surface area contributed by atoms with Gasteiger partial charge in [0.15, 0.2) is 5.78 Å². The molecule has 130 valence electrons. The van der Waals surface area contributed by atoms with Crippen molar-refractivity contribution in [1.29, 1.82) is 0 Å². The number of nitrogens with two attached hydrogens (primary N) is 1. The summed E-state index contributed by atoms with van der Waals surface area (Å²) < 4.78 is 0. The van der Waals surface area contributed by atoms with Crippen molar-refractivity contribution in [3.63, 3.8) is 0 Å². The molecule has 2 aromatic rings. The van der Waals surface area contributed by atoms with Crippen molar-refractivity contribution in [2.45, 2.75) is 19.4 Å². The molecular formula is C17H16ClN3O4. The second-order valence-electron chi connectivity index (χ2n) is 5.97. The van der Waals surface area contributed by atoms with Gasteiger partial charge in [-0.25, -0.2) is 0 Å². The second kappa shape index (κ2) is 7.00. The van der Waals surface area contributed by atoms with Crippen LogP contribution in [0.25, 0.3) is 0 Å². The van der Waals surface area contributed by atoms with Crippen molar-refractivity contribution in [3.8, 4) is 0 Å². The maximum absolute atomic E-state index is 12.8. The Bertz CT molecular complexity index is 859. The maximum atomic E-state index is 12.8. The highest BCUT2D eigenvalue weighted by Gasteiger charge is 2.25. The molecule has 0 bridgehead atoms. The molecule has 0 fully saturated rings. The van der Waals surface area contributed by atoms with E-state index in [-0.39, 0.29) is 27.5 Å². The van der Waals surface area contributed by atoms with Gasteiger partial charge in [-0.2, -0.15) is 0 Å². The third-order valence-corrected chi connectivity index (χ3v) is 3.74. The van der Waals surface area contributed by atoms with Crippen LogP contribution in [-0.4, -0.2) is 22.2 Å². The summed E-state index contributed by atoms with van der Waals surface area (Å²) in [5.41, 5.74) is 4.53. The number of amides is 1. The Labute approximate surface area is 148 Å². The number of nitrogens with zero attached hydrogens (tertiary/aromatic N) is 1. The Morgan fingerprint density at radius 2 is 1.80 bits per heavy atom. The quantitative estimate of drug-likeness (QED) is 0.482. The lowest BCUT2D eigenvalue weighted by molar-refractivity contribution is -0.384. The van der Waals surface area contributed by atoms with E-state index >= 15 is 0 Å². The average molecular weight is 362 g/mol. The summed E-state index contributed by atoms with van der Waals surface area (Å²) in [6, 6.07) is 9.92.